The maximum absolute atomic E-state index is 10.9. The first-order valence-electron chi connectivity index (χ1n) is 5.82. The third-order valence-corrected chi connectivity index (χ3v) is 3.44. The summed E-state index contributed by atoms with van der Waals surface area (Å²) in [5, 5.41) is 2.15. The average molecular weight is 236 g/mol. The molecule has 3 heteroatoms. The largest absolute Gasteiger partial charge is 0.296 e. The summed E-state index contributed by atoms with van der Waals surface area (Å²) in [6, 6.07) is 7.66. The van der Waals surface area contributed by atoms with Crippen molar-refractivity contribution in [3.63, 3.8) is 0 Å². The average Bonchev–Trinajstić information content (AvgIpc) is 2.44. The Hall–Kier alpha value is -2.29. The van der Waals surface area contributed by atoms with Crippen LogP contribution in [0.25, 0.3) is 21.8 Å². The van der Waals surface area contributed by atoms with Crippen LogP contribution in [0.4, 0.5) is 0 Å². The van der Waals surface area contributed by atoms with E-state index in [1.54, 1.807) is 12.3 Å². The molecule has 3 nitrogen and oxygen atoms in total. The summed E-state index contributed by atoms with van der Waals surface area (Å²) >= 11 is 0. The van der Waals surface area contributed by atoms with E-state index in [0.29, 0.717) is 5.69 Å². The number of pyridine rings is 2. The molecule has 0 bridgehead atoms. The lowest BCUT2D eigenvalue weighted by Gasteiger charge is -2.10. The molecule has 0 aliphatic carbocycles. The molecule has 0 atom stereocenters. The first-order chi connectivity index (χ1) is 8.72. The number of fused-ring (bicyclic) bond motifs is 3. The van der Waals surface area contributed by atoms with Crippen molar-refractivity contribution in [2.75, 3.05) is 0 Å². The van der Waals surface area contributed by atoms with Gasteiger partial charge >= 0.3 is 0 Å². The molecule has 0 saturated heterocycles. The van der Waals surface area contributed by atoms with E-state index in [1.165, 1.54) is 11.1 Å². The Bertz CT molecular complexity index is 778. The molecule has 1 aromatic carbocycles. The van der Waals surface area contributed by atoms with Gasteiger partial charge in [-0.05, 0) is 37.1 Å². The van der Waals surface area contributed by atoms with Crippen molar-refractivity contribution in [3.05, 3.63) is 47.3 Å². The zero-order valence-electron chi connectivity index (χ0n) is 10.3. The van der Waals surface area contributed by atoms with Crippen LogP contribution in [0.1, 0.15) is 21.6 Å². The smallest absolute Gasteiger partial charge is 0.168 e. The topological polar surface area (TPSA) is 42.9 Å². The molecule has 0 fully saturated rings. The van der Waals surface area contributed by atoms with E-state index in [4.69, 9.17) is 0 Å². The van der Waals surface area contributed by atoms with E-state index in [0.717, 1.165) is 28.1 Å². The molecular weight excluding hydrogens is 224 g/mol. The van der Waals surface area contributed by atoms with Crippen molar-refractivity contribution in [3.8, 4) is 0 Å². The van der Waals surface area contributed by atoms with Gasteiger partial charge in [-0.15, -0.1) is 0 Å². The lowest BCUT2D eigenvalue weighted by Crippen LogP contribution is -1.95. The maximum atomic E-state index is 10.9. The third-order valence-electron chi connectivity index (χ3n) is 3.44. The van der Waals surface area contributed by atoms with Crippen LogP contribution in [-0.2, 0) is 0 Å². The number of carbonyl (C=O) groups is 1. The van der Waals surface area contributed by atoms with Gasteiger partial charge in [0, 0.05) is 17.0 Å². The lowest BCUT2D eigenvalue weighted by atomic mass is 9.98. The lowest BCUT2D eigenvalue weighted by molar-refractivity contribution is 0.111. The van der Waals surface area contributed by atoms with Crippen molar-refractivity contribution >= 4 is 28.1 Å². The highest BCUT2D eigenvalue weighted by Crippen LogP contribution is 2.29. The van der Waals surface area contributed by atoms with Crippen LogP contribution in [0, 0.1) is 13.8 Å². The number of rotatable bonds is 1. The van der Waals surface area contributed by atoms with Gasteiger partial charge in [0.25, 0.3) is 0 Å². The number of benzene rings is 1. The highest BCUT2D eigenvalue weighted by molar-refractivity contribution is 6.06. The van der Waals surface area contributed by atoms with Gasteiger partial charge in [0.05, 0.1) is 11.0 Å². The second-order valence-electron chi connectivity index (χ2n) is 4.40. The number of aldehydes is 1. The fourth-order valence-electron chi connectivity index (χ4n) is 2.32. The van der Waals surface area contributed by atoms with Crippen molar-refractivity contribution in [2.24, 2.45) is 0 Å². The predicted molar refractivity (Wildman–Crippen MR) is 71.9 cm³/mol. The number of aromatic nitrogens is 2. The fraction of sp³-hybridized carbons (Fsp3) is 0.133. The van der Waals surface area contributed by atoms with Gasteiger partial charge in [0.2, 0.25) is 0 Å². The second kappa shape index (κ2) is 3.88. The monoisotopic (exact) mass is 236 g/mol. The zero-order chi connectivity index (χ0) is 12.7. The summed E-state index contributed by atoms with van der Waals surface area (Å²) < 4.78 is 0. The van der Waals surface area contributed by atoms with Gasteiger partial charge < -0.3 is 0 Å². The molecule has 0 amide bonds. The molecule has 0 aliphatic heterocycles. The Balaban J connectivity index is 2.61. The van der Waals surface area contributed by atoms with Crippen molar-refractivity contribution in [1.29, 1.82) is 0 Å². The number of nitrogens with zero attached hydrogens (tertiary/aromatic N) is 2. The SMILES string of the molecule is Cc1c(C)c2ccc(C=O)nc2c2ncccc12. The molecule has 0 radical (unpaired) electrons. The molecule has 0 aliphatic rings. The zero-order valence-corrected chi connectivity index (χ0v) is 10.3. The van der Waals surface area contributed by atoms with E-state index in [1.807, 2.05) is 18.2 Å². The number of hydrogen-bond donors (Lipinski definition) is 0. The van der Waals surface area contributed by atoms with E-state index >= 15 is 0 Å². The third kappa shape index (κ3) is 1.40. The van der Waals surface area contributed by atoms with Crippen LogP contribution >= 0.6 is 0 Å². The molecule has 88 valence electrons. The number of hydrogen-bond acceptors (Lipinski definition) is 3. The first-order valence-corrected chi connectivity index (χ1v) is 5.82. The minimum Gasteiger partial charge on any atom is -0.296 e. The Morgan fingerprint density at radius 3 is 2.44 bits per heavy atom. The predicted octanol–water partition coefficient (Wildman–Crippen LogP) is 3.21. The summed E-state index contributed by atoms with van der Waals surface area (Å²) in [5.41, 5.74) is 4.51. The van der Waals surface area contributed by atoms with Crippen molar-refractivity contribution in [1.82, 2.24) is 9.97 Å². The van der Waals surface area contributed by atoms with Gasteiger partial charge in [0.1, 0.15) is 5.69 Å². The molecule has 3 aromatic rings. The van der Waals surface area contributed by atoms with Crippen LogP contribution in [0.15, 0.2) is 30.5 Å². The van der Waals surface area contributed by atoms with Crippen LogP contribution < -0.4 is 0 Å². The summed E-state index contributed by atoms with van der Waals surface area (Å²) in [6.45, 7) is 4.17. The summed E-state index contributed by atoms with van der Waals surface area (Å²) in [6.07, 6.45) is 2.52. The summed E-state index contributed by atoms with van der Waals surface area (Å²) in [7, 11) is 0. The van der Waals surface area contributed by atoms with Crippen LogP contribution in [0.5, 0.6) is 0 Å². The molecule has 3 rings (SSSR count). The quantitative estimate of drug-likeness (QED) is 0.481. The summed E-state index contributed by atoms with van der Waals surface area (Å²) in [5.74, 6) is 0. The maximum Gasteiger partial charge on any atom is 0.168 e. The molecule has 0 N–H and O–H groups in total. The number of aryl methyl sites for hydroxylation is 2. The van der Waals surface area contributed by atoms with Gasteiger partial charge in [-0.3, -0.25) is 9.78 Å². The normalized spacial score (nSPS) is 11.0. The van der Waals surface area contributed by atoms with Crippen molar-refractivity contribution < 1.29 is 4.79 Å². The van der Waals surface area contributed by atoms with E-state index in [-0.39, 0.29) is 0 Å². The van der Waals surface area contributed by atoms with Crippen molar-refractivity contribution in [2.45, 2.75) is 13.8 Å². The highest BCUT2D eigenvalue weighted by Gasteiger charge is 2.10. The van der Waals surface area contributed by atoms with Gasteiger partial charge in [-0.25, -0.2) is 4.98 Å². The molecule has 0 spiro atoms. The standard InChI is InChI=1S/C15H12N2O/c1-9-10(2)13-6-5-11(8-18)17-15(13)14-12(9)4-3-7-16-14/h3-8H,1-2H3. The van der Waals surface area contributed by atoms with Crippen LogP contribution in [0.2, 0.25) is 0 Å². The Kier molecular flexibility index (Phi) is 2.33. The molecule has 0 unspecified atom stereocenters. The van der Waals surface area contributed by atoms with E-state index in [2.05, 4.69) is 23.8 Å². The molecule has 2 heterocycles. The Labute approximate surface area is 104 Å². The first kappa shape index (κ1) is 10.8. The highest BCUT2D eigenvalue weighted by atomic mass is 16.1. The Morgan fingerprint density at radius 1 is 1.00 bits per heavy atom. The minimum absolute atomic E-state index is 0.442. The van der Waals surface area contributed by atoms with Gasteiger partial charge in [-0.2, -0.15) is 0 Å². The molecule has 18 heavy (non-hydrogen) atoms. The molecular formula is C15H12N2O. The second-order valence-corrected chi connectivity index (χ2v) is 4.40. The molecule has 2 aromatic heterocycles. The molecule has 0 saturated carbocycles. The van der Waals surface area contributed by atoms with E-state index in [9.17, 15) is 4.79 Å². The summed E-state index contributed by atoms with van der Waals surface area (Å²) in [4.78, 5) is 19.7. The fourth-order valence-corrected chi connectivity index (χ4v) is 2.32. The van der Waals surface area contributed by atoms with Crippen LogP contribution in [0.3, 0.4) is 0 Å². The van der Waals surface area contributed by atoms with Gasteiger partial charge in [0.15, 0.2) is 6.29 Å². The minimum atomic E-state index is 0.442. The van der Waals surface area contributed by atoms with Crippen LogP contribution in [-0.4, -0.2) is 16.3 Å². The number of carbonyl (C=O) groups excluding carboxylic acids is 1. The van der Waals surface area contributed by atoms with Gasteiger partial charge in [-0.1, -0.05) is 12.1 Å². The van der Waals surface area contributed by atoms with E-state index < -0.39 is 0 Å². The Morgan fingerprint density at radius 2 is 1.72 bits per heavy atom.